The van der Waals surface area contributed by atoms with Crippen molar-refractivity contribution in [3.63, 3.8) is 0 Å². The zero-order valence-corrected chi connectivity index (χ0v) is 13.7. The van der Waals surface area contributed by atoms with Crippen molar-refractivity contribution in [2.45, 2.75) is 37.6 Å². The van der Waals surface area contributed by atoms with E-state index in [1.165, 1.54) is 12.0 Å². The van der Waals surface area contributed by atoms with E-state index in [0.717, 1.165) is 30.9 Å². The van der Waals surface area contributed by atoms with Crippen LogP contribution in [0.2, 0.25) is 0 Å². The molecule has 2 N–H and O–H groups in total. The van der Waals surface area contributed by atoms with Crippen LogP contribution >= 0.6 is 0 Å². The zero-order chi connectivity index (χ0) is 16.5. The van der Waals surface area contributed by atoms with Gasteiger partial charge >= 0.3 is 0 Å². The molecule has 24 heavy (non-hydrogen) atoms. The second kappa shape index (κ2) is 6.43. The molecule has 2 saturated heterocycles. The van der Waals surface area contributed by atoms with Gasteiger partial charge in [0.1, 0.15) is 18.4 Å². The van der Waals surface area contributed by atoms with Crippen LogP contribution in [0.3, 0.4) is 0 Å². The average molecular weight is 329 g/mol. The molecular weight excluding hydrogens is 306 g/mol. The average Bonchev–Trinajstić information content (AvgIpc) is 2.62. The molecule has 0 saturated carbocycles. The first-order valence-electron chi connectivity index (χ1n) is 8.81. The number of para-hydroxylation sites is 1. The Balaban J connectivity index is 1.65. The molecule has 4 rings (SSSR count). The van der Waals surface area contributed by atoms with Crippen molar-refractivity contribution in [1.82, 2.24) is 10.6 Å². The third-order valence-electron chi connectivity index (χ3n) is 5.24. The van der Waals surface area contributed by atoms with Gasteiger partial charge < -0.3 is 15.0 Å². The Bertz CT molecular complexity index is 655. The van der Waals surface area contributed by atoms with Crippen LogP contribution in [0.25, 0.3) is 0 Å². The number of anilines is 1. The number of benzene rings is 1. The Morgan fingerprint density at radius 1 is 1.21 bits per heavy atom. The molecular formula is C18H23N3O3. The summed E-state index contributed by atoms with van der Waals surface area (Å²) in [5, 5.41) is 5.92. The molecule has 3 aliphatic heterocycles. The first-order valence-corrected chi connectivity index (χ1v) is 8.81. The number of piperidine rings is 2. The topological polar surface area (TPSA) is 70.7 Å². The van der Waals surface area contributed by atoms with Crippen LogP contribution in [-0.4, -0.2) is 44.1 Å². The standard InChI is InChI=1S/C18H23N3O3/c22-16-7-6-15(18(23)20-16)21-9-10-24-17-13(4-1-5-14(17)21)12-3-2-8-19-11-12/h1,4-5,12,15,19H,2-3,6-11H2,(H,20,22,23)/t12-,15?/m1/s1. The van der Waals surface area contributed by atoms with Gasteiger partial charge in [0, 0.05) is 24.4 Å². The Kier molecular flexibility index (Phi) is 4.14. The van der Waals surface area contributed by atoms with Gasteiger partial charge in [0.15, 0.2) is 0 Å². The maximum absolute atomic E-state index is 12.3. The summed E-state index contributed by atoms with van der Waals surface area (Å²) >= 11 is 0. The van der Waals surface area contributed by atoms with Gasteiger partial charge in [0.05, 0.1) is 12.2 Å². The SMILES string of the molecule is O=C1CCC(N2CCOc3c([C@@H]4CCCNC4)cccc32)C(=O)N1. The fraction of sp³-hybridized carbons (Fsp3) is 0.556. The van der Waals surface area contributed by atoms with Gasteiger partial charge in [-0.15, -0.1) is 0 Å². The van der Waals surface area contributed by atoms with Gasteiger partial charge in [-0.25, -0.2) is 0 Å². The molecule has 0 bridgehead atoms. The summed E-state index contributed by atoms with van der Waals surface area (Å²) in [5.41, 5.74) is 2.22. The lowest BCUT2D eigenvalue weighted by atomic mass is 9.90. The predicted octanol–water partition coefficient (Wildman–Crippen LogP) is 1.16. The maximum Gasteiger partial charge on any atom is 0.249 e. The van der Waals surface area contributed by atoms with E-state index in [4.69, 9.17) is 4.74 Å². The highest BCUT2D eigenvalue weighted by molar-refractivity contribution is 6.01. The number of ether oxygens (including phenoxy) is 1. The summed E-state index contributed by atoms with van der Waals surface area (Å²) in [7, 11) is 0. The van der Waals surface area contributed by atoms with Gasteiger partial charge in [-0.2, -0.15) is 0 Å². The van der Waals surface area contributed by atoms with Gasteiger partial charge in [-0.05, 0) is 31.9 Å². The minimum absolute atomic E-state index is 0.174. The molecule has 6 heteroatoms. The molecule has 1 aromatic carbocycles. The number of fused-ring (bicyclic) bond motifs is 1. The van der Waals surface area contributed by atoms with E-state index in [2.05, 4.69) is 27.7 Å². The molecule has 3 heterocycles. The second-order valence-electron chi connectivity index (χ2n) is 6.75. The molecule has 2 atom stereocenters. The Morgan fingerprint density at radius 2 is 2.12 bits per heavy atom. The molecule has 2 fully saturated rings. The van der Waals surface area contributed by atoms with Gasteiger partial charge in [0.25, 0.3) is 0 Å². The normalized spacial score (nSPS) is 27.2. The first kappa shape index (κ1) is 15.4. The van der Waals surface area contributed by atoms with Crippen LogP contribution < -0.4 is 20.3 Å². The Labute approximate surface area is 141 Å². The number of carbonyl (C=O) groups is 2. The quantitative estimate of drug-likeness (QED) is 0.797. The monoisotopic (exact) mass is 329 g/mol. The fourth-order valence-corrected chi connectivity index (χ4v) is 4.03. The molecule has 6 nitrogen and oxygen atoms in total. The first-order chi connectivity index (χ1) is 11.7. The van der Waals surface area contributed by atoms with E-state index in [0.29, 0.717) is 31.9 Å². The molecule has 0 aliphatic carbocycles. The summed E-state index contributed by atoms with van der Waals surface area (Å²) in [5.74, 6) is 1.01. The highest BCUT2D eigenvalue weighted by Gasteiger charge is 2.35. The van der Waals surface area contributed by atoms with E-state index in [1.54, 1.807) is 0 Å². The third kappa shape index (κ3) is 2.75. The van der Waals surface area contributed by atoms with E-state index >= 15 is 0 Å². The predicted molar refractivity (Wildman–Crippen MR) is 90.3 cm³/mol. The summed E-state index contributed by atoms with van der Waals surface area (Å²) in [6.07, 6.45) is 3.30. The molecule has 0 aromatic heterocycles. The number of hydrogen-bond donors (Lipinski definition) is 2. The lowest BCUT2D eigenvalue weighted by Gasteiger charge is -2.39. The van der Waals surface area contributed by atoms with Gasteiger partial charge in [-0.3, -0.25) is 14.9 Å². The molecule has 128 valence electrons. The number of amides is 2. The van der Waals surface area contributed by atoms with Gasteiger partial charge in [0.2, 0.25) is 11.8 Å². The van der Waals surface area contributed by atoms with Crippen molar-refractivity contribution in [1.29, 1.82) is 0 Å². The summed E-state index contributed by atoms with van der Waals surface area (Å²) in [6.45, 7) is 3.29. The highest BCUT2D eigenvalue weighted by Crippen LogP contribution is 2.41. The van der Waals surface area contributed by atoms with Crippen molar-refractivity contribution < 1.29 is 14.3 Å². The summed E-state index contributed by atoms with van der Waals surface area (Å²) < 4.78 is 6.02. The number of rotatable bonds is 2. The third-order valence-corrected chi connectivity index (χ3v) is 5.24. The number of nitrogens with one attached hydrogen (secondary N) is 2. The van der Waals surface area contributed by atoms with Crippen LogP contribution in [-0.2, 0) is 9.59 Å². The second-order valence-corrected chi connectivity index (χ2v) is 6.75. The number of nitrogens with zero attached hydrogens (tertiary/aromatic N) is 1. The fourth-order valence-electron chi connectivity index (χ4n) is 4.03. The largest absolute Gasteiger partial charge is 0.489 e. The summed E-state index contributed by atoms with van der Waals surface area (Å²) in [4.78, 5) is 25.8. The van der Waals surface area contributed by atoms with Crippen molar-refractivity contribution in [2.24, 2.45) is 0 Å². The van der Waals surface area contributed by atoms with Crippen molar-refractivity contribution >= 4 is 17.5 Å². The van der Waals surface area contributed by atoms with E-state index in [9.17, 15) is 9.59 Å². The van der Waals surface area contributed by atoms with Crippen molar-refractivity contribution in [3.05, 3.63) is 23.8 Å². The smallest absolute Gasteiger partial charge is 0.249 e. The molecule has 0 radical (unpaired) electrons. The Hall–Kier alpha value is -2.08. The molecule has 3 aliphatic rings. The van der Waals surface area contributed by atoms with E-state index in [1.807, 2.05) is 6.07 Å². The van der Waals surface area contributed by atoms with Crippen molar-refractivity contribution in [3.8, 4) is 5.75 Å². The van der Waals surface area contributed by atoms with Gasteiger partial charge in [-0.1, -0.05) is 12.1 Å². The summed E-state index contributed by atoms with van der Waals surface area (Å²) in [6, 6.07) is 5.93. The number of imide groups is 1. The van der Waals surface area contributed by atoms with Crippen molar-refractivity contribution in [2.75, 3.05) is 31.1 Å². The maximum atomic E-state index is 12.3. The highest BCUT2D eigenvalue weighted by atomic mass is 16.5. The van der Waals surface area contributed by atoms with Crippen LogP contribution in [0.1, 0.15) is 37.2 Å². The van der Waals surface area contributed by atoms with Crippen LogP contribution in [0.5, 0.6) is 5.75 Å². The number of hydrogen-bond acceptors (Lipinski definition) is 5. The lowest BCUT2D eigenvalue weighted by molar-refractivity contribution is -0.134. The minimum atomic E-state index is -0.287. The molecule has 1 unspecified atom stereocenters. The lowest BCUT2D eigenvalue weighted by Crippen LogP contribution is -2.54. The molecule has 1 aromatic rings. The van der Waals surface area contributed by atoms with Crippen LogP contribution in [0.15, 0.2) is 18.2 Å². The van der Waals surface area contributed by atoms with Crippen LogP contribution in [0, 0.1) is 0 Å². The van der Waals surface area contributed by atoms with Crippen LogP contribution in [0.4, 0.5) is 5.69 Å². The zero-order valence-electron chi connectivity index (χ0n) is 13.7. The minimum Gasteiger partial charge on any atom is -0.489 e. The van der Waals surface area contributed by atoms with E-state index < -0.39 is 0 Å². The van der Waals surface area contributed by atoms with E-state index in [-0.39, 0.29) is 17.9 Å². The number of carbonyl (C=O) groups excluding carboxylic acids is 2. The molecule has 2 amide bonds. The molecule has 0 spiro atoms. The Morgan fingerprint density at radius 3 is 2.92 bits per heavy atom.